The minimum atomic E-state index is 1.20. The molecule has 0 radical (unpaired) electrons. The van der Waals surface area contributed by atoms with E-state index in [0.717, 1.165) is 0 Å². The summed E-state index contributed by atoms with van der Waals surface area (Å²) >= 11 is 2.03. The Hall–Kier alpha value is -0.500. The van der Waals surface area contributed by atoms with Crippen LogP contribution in [0.4, 0.5) is 0 Å². The van der Waals surface area contributed by atoms with Crippen molar-refractivity contribution in [3.8, 4) is 0 Å². The summed E-state index contributed by atoms with van der Waals surface area (Å²) in [5, 5.41) is 0. The lowest BCUT2D eigenvalue weighted by molar-refractivity contribution is 0.801. The van der Waals surface area contributed by atoms with Crippen LogP contribution in [-0.2, 0) is 6.42 Å². The quantitative estimate of drug-likeness (QED) is 0.647. The number of aromatic nitrogens is 1. The molecule has 13 heavy (non-hydrogen) atoms. The molecule has 0 aromatic carbocycles. The predicted molar refractivity (Wildman–Crippen MR) is 60.2 cm³/mol. The van der Waals surface area contributed by atoms with Crippen LogP contribution >= 0.6 is 11.8 Å². The van der Waals surface area contributed by atoms with E-state index in [0.29, 0.717) is 0 Å². The smallest absolute Gasteiger partial charge is 0.0270 e. The zero-order chi connectivity index (χ0) is 9.36. The van der Waals surface area contributed by atoms with Crippen LogP contribution in [0.1, 0.15) is 25.3 Å². The van der Waals surface area contributed by atoms with Crippen LogP contribution in [0.2, 0.25) is 0 Å². The molecule has 0 spiro atoms. The molecule has 2 heteroatoms. The Bertz CT molecular complexity index is 211. The van der Waals surface area contributed by atoms with Gasteiger partial charge in [-0.2, -0.15) is 11.8 Å². The maximum Gasteiger partial charge on any atom is 0.0270 e. The molecule has 1 aromatic rings. The van der Waals surface area contributed by atoms with Gasteiger partial charge in [0.1, 0.15) is 0 Å². The average Bonchev–Trinajstić information content (AvgIpc) is 2.19. The molecule has 0 aliphatic heterocycles. The zero-order valence-electron chi connectivity index (χ0n) is 8.20. The number of hydrogen-bond donors (Lipinski definition) is 0. The second-order valence-electron chi connectivity index (χ2n) is 3.01. The monoisotopic (exact) mass is 195 g/mol. The van der Waals surface area contributed by atoms with E-state index in [9.17, 15) is 0 Å². The summed E-state index contributed by atoms with van der Waals surface area (Å²) in [5.74, 6) is 2.55. The van der Waals surface area contributed by atoms with Gasteiger partial charge in [-0.1, -0.05) is 6.92 Å². The van der Waals surface area contributed by atoms with E-state index in [2.05, 4.69) is 24.0 Å². The third kappa shape index (κ3) is 4.94. The van der Waals surface area contributed by atoms with E-state index in [-0.39, 0.29) is 0 Å². The van der Waals surface area contributed by atoms with E-state index in [4.69, 9.17) is 0 Å². The molecule has 0 atom stereocenters. The zero-order valence-corrected chi connectivity index (χ0v) is 9.02. The minimum absolute atomic E-state index is 1.20. The molecule has 1 aromatic heterocycles. The van der Waals surface area contributed by atoms with Crippen molar-refractivity contribution in [2.45, 2.75) is 26.2 Å². The highest BCUT2D eigenvalue weighted by Gasteiger charge is 1.92. The summed E-state index contributed by atoms with van der Waals surface area (Å²) in [5.41, 5.74) is 1.41. The van der Waals surface area contributed by atoms with Crippen molar-refractivity contribution in [2.75, 3.05) is 11.5 Å². The number of rotatable bonds is 6. The van der Waals surface area contributed by atoms with Gasteiger partial charge < -0.3 is 0 Å². The van der Waals surface area contributed by atoms with Gasteiger partial charge in [0.05, 0.1) is 0 Å². The summed E-state index contributed by atoms with van der Waals surface area (Å²) < 4.78 is 0. The molecule has 0 aliphatic rings. The first-order chi connectivity index (χ1) is 6.43. The molecule has 1 rings (SSSR count). The number of hydrogen-bond acceptors (Lipinski definition) is 2. The van der Waals surface area contributed by atoms with Gasteiger partial charge in [-0.05, 0) is 48.5 Å². The van der Waals surface area contributed by atoms with Crippen molar-refractivity contribution < 1.29 is 0 Å². The van der Waals surface area contributed by atoms with Crippen LogP contribution in [0.3, 0.4) is 0 Å². The number of pyridine rings is 1. The lowest BCUT2D eigenvalue weighted by atomic mass is 10.1. The molecule has 0 unspecified atom stereocenters. The van der Waals surface area contributed by atoms with Crippen molar-refractivity contribution >= 4 is 11.8 Å². The van der Waals surface area contributed by atoms with E-state index >= 15 is 0 Å². The molecule has 72 valence electrons. The van der Waals surface area contributed by atoms with Crippen LogP contribution in [0.5, 0.6) is 0 Å². The molecule has 0 saturated heterocycles. The highest BCUT2D eigenvalue weighted by molar-refractivity contribution is 7.99. The Kier molecular flexibility index (Phi) is 5.66. The van der Waals surface area contributed by atoms with Crippen molar-refractivity contribution in [3.63, 3.8) is 0 Å². The van der Waals surface area contributed by atoms with Crippen molar-refractivity contribution in [3.05, 3.63) is 30.1 Å². The summed E-state index contributed by atoms with van der Waals surface area (Å²) in [7, 11) is 0. The minimum Gasteiger partial charge on any atom is -0.265 e. The summed E-state index contributed by atoms with van der Waals surface area (Å²) in [6, 6.07) is 4.21. The maximum absolute atomic E-state index is 4.00. The fraction of sp³-hybridized carbons (Fsp3) is 0.545. The van der Waals surface area contributed by atoms with E-state index in [1.807, 2.05) is 24.2 Å². The Labute approximate surface area is 85.0 Å². The lowest BCUT2D eigenvalue weighted by Gasteiger charge is -2.00. The molecule has 0 fully saturated rings. The third-order valence-electron chi connectivity index (χ3n) is 1.96. The van der Waals surface area contributed by atoms with Crippen LogP contribution in [0.15, 0.2) is 24.5 Å². The first kappa shape index (κ1) is 10.6. The van der Waals surface area contributed by atoms with Crippen molar-refractivity contribution in [2.24, 2.45) is 0 Å². The van der Waals surface area contributed by atoms with Gasteiger partial charge in [0.2, 0.25) is 0 Å². The Morgan fingerprint density at radius 2 is 2.00 bits per heavy atom. The summed E-state index contributed by atoms with van der Waals surface area (Å²) in [6.45, 7) is 2.22. The number of unbranched alkanes of at least 4 members (excludes halogenated alkanes) is 1. The average molecular weight is 195 g/mol. The summed E-state index contributed by atoms with van der Waals surface area (Å²) in [6.07, 6.45) is 7.58. The van der Waals surface area contributed by atoms with Gasteiger partial charge in [-0.25, -0.2) is 0 Å². The molecule has 0 saturated carbocycles. The second-order valence-corrected chi connectivity index (χ2v) is 4.40. The first-order valence-corrected chi connectivity index (χ1v) is 6.05. The van der Waals surface area contributed by atoms with Gasteiger partial charge in [-0.3, -0.25) is 4.98 Å². The standard InChI is InChI=1S/C11H17NS/c1-2-13-10-4-3-5-11-6-8-12-9-7-11/h6-9H,2-5,10H2,1H3. The van der Waals surface area contributed by atoms with E-state index < -0.39 is 0 Å². The Morgan fingerprint density at radius 3 is 2.69 bits per heavy atom. The van der Waals surface area contributed by atoms with Crippen LogP contribution in [0.25, 0.3) is 0 Å². The predicted octanol–water partition coefficient (Wildman–Crippen LogP) is 3.16. The largest absolute Gasteiger partial charge is 0.265 e. The number of thioether (sulfide) groups is 1. The first-order valence-electron chi connectivity index (χ1n) is 4.90. The number of nitrogens with zero attached hydrogens (tertiary/aromatic N) is 1. The molecular weight excluding hydrogens is 178 g/mol. The van der Waals surface area contributed by atoms with Gasteiger partial charge in [-0.15, -0.1) is 0 Å². The summed E-state index contributed by atoms with van der Waals surface area (Å²) in [4.78, 5) is 4.00. The fourth-order valence-corrected chi connectivity index (χ4v) is 1.92. The van der Waals surface area contributed by atoms with Gasteiger partial charge >= 0.3 is 0 Å². The topological polar surface area (TPSA) is 12.9 Å². The molecule has 0 aliphatic carbocycles. The van der Waals surface area contributed by atoms with Crippen LogP contribution < -0.4 is 0 Å². The number of aryl methyl sites for hydroxylation is 1. The second kappa shape index (κ2) is 6.96. The van der Waals surface area contributed by atoms with E-state index in [1.54, 1.807) is 0 Å². The third-order valence-corrected chi connectivity index (χ3v) is 2.94. The van der Waals surface area contributed by atoms with Crippen LogP contribution in [-0.4, -0.2) is 16.5 Å². The SMILES string of the molecule is CCSCCCCc1ccncc1. The highest BCUT2D eigenvalue weighted by Crippen LogP contribution is 2.07. The van der Waals surface area contributed by atoms with Gasteiger partial charge in [0.15, 0.2) is 0 Å². The van der Waals surface area contributed by atoms with Crippen molar-refractivity contribution in [1.82, 2.24) is 4.98 Å². The fourth-order valence-electron chi connectivity index (χ4n) is 1.23. The highest BCUT2D eigenvalue weighted by atomic mass is 32.2. The molecule has 1 nitrogen and oxygen atoms in total. The molecule has 0 bridgehead atoms. The lowest BCUT2D eigenvalue weighted by Crippen LogP contribution is -1.87. The van der Waals surface area contributed by atoms with Gasteiger partial charge in [0, 0.05) is 12.4 Å². The van der Waals surface area contributed by atoms with E-state index in [1.165, 1.54) is 36.3 Å². The maximum atomic E-state index is 4.00. The normalized spacial score (nSPS) is 10.2. The Morgan fingerprint density at radius 1 is 1.23 bits per heavy atom. The molecule has 0 amide bonds. The van der Waals surface area contributed by atoms with Gasteiger partial charge in [0.25, 0.3) is 0 Å². The Balaban J connectivity index is 2.07. The molecular formula is C11H17NS. The molecule has 1 heterocycles. The molecule has 0 N–H and O–H groups in total. The van der Waals surface area contributed by atoms with Crippen LogP contribution in [0, 0.1) is 0 Å². The van der Waals surface area contributed by atoms with Crippen molar-refractivity contribution in [1.29, 1.82) is 0 Å².